The van der Waals surface area contributed by atoms with Gasteiger partial charge in [0.1, 0.15) is 0 Å². The fourth-order valence-corrected chi connectivity index (χ4v) is 0.560. The lowest BCUT2D eigenvalue weighted by Gasteiger charge is -2.10. The number of esters is 1. The van der Waals surface area contributed by atoms with E-state index in [-0.39, 0.29) is 5.92 Å². The summed E-state index contributed by atoms with van der Waals surface area (Å²) in [6, 6.07) is 0. The average molecular weight is 159 g/mol. The van der Waals surface area contributed by atoms with Gasteiger partial charge in [0.15, 0.2) is 0 Å². The molecule has 0 aliphatic carbocycles. The van der Waals surface area contributed by atoms with Crippen molar-refractivity contribution in [2.75, 3.05) is 0 Å². The number of hydrogen-bond donors (Lipinski definition) is 0. The Labute approximate surface area is 67.4 Å². The first-order chi connectivity index (χ1) is 5.07. The average Bonchev–Trinajstić information content (AvgIpc) is 1.87. The second kappa shape index (κ2) is 5.13. The number of carbonyl (C=O) groups is 1. The zero-order chi connectivity index (χ0) is 8.85. The molecule has 0 amide bonds. The van der Waals surface area contributed by atoms with Crippen LogP contribution in [-0.2, 0) is 14.6 Å². The third-order valence-corrected chi connectivity index (χ3v) is 1.24. The van der Waals surface area contributed by atoms with Crippen LogP contribution in [0.15, 0.2) is 0 Å². The fourth-order valence-electron chi connectivity index (χ4n) is 0.560. The van der Waals surface area contributed by atoms with Gasteiger partial charge >= 0.3 is 5.97 Å². The van der Waals surface area contributed by atoms with Crippen molar-refractivity contribution in [1.29, 1.82) is 0 Å². The number of ether oxygens (including phenoxy) is 1. The molecule has 1 atom stereocenters. The Morgan fingerprint density at radius 2 is 2.00 bits per heavy atom. The summed E-state index contributed by atoms with van der Waals surface area (Å²) in [6.07, 6.45) is -0.0206. The van der Waals surface area contributed by atoms with Crippen molar-refractivity contribution in [3.05, 3.63) is 0 Å². The van der Waals surface area contributed by atoms with Gasteiger partial charge in [-0.25, -0.2) is 0 Å². The van der Waals surface area contributed by atoms with E-state index in [0.29, 0.717) is 6.42 Å². The van der Waals surface area contributed by atoms with Crippen LogP contribution in [0.1, 0.15) is 33.6 Å². The second-order valence-corrected chi connectivity index (χ2v) is 2.81. The Balaban J connectivity index is 3.57. The molecule has 0 aromatic rings. The van der Waals surface area contributed by atoms with Gasteiger partial charge in [-0.05, 0) is 0 Å². The van der Waals surface area contributed by atoms with Crippen molar-refractivity contribution in [1.82, 2.24) is 0 Å². The maximum absolute atomic E-state index is 10.8. The Morgan fingerprint density at radius 3 is 2.36 bits per heavy atom. The van der Waals surface area contributed by atoms with Crippen LogP contribution in [0.4, 0.5) is 0 Å². The van der Waals surface area contributed by atoms with Crippen molar-refractivity contribution in [2.24, 2.45) is 5.92 Å². The lowest BCUT2D eigenvalue weighted by molar-refractivity contribution is -0.183. The zero-order valence-corrected chi connectivity index (χ0v) is 7.29. The Bertz CT molecular complexity index is 121. The van der Waals surface area contributed by atoms with E-state index in [0.717, 1.165) is 6.42 Å². The normalized spacial score (nSPS) is 13.2. The summed E-state index contributed by atoms with van der Waals surface area (Å²) < 4.78 is 4.56. The lowest BCUT2D eigenvalue weighted by atomic mass is 10.2. The fraction of sp³-hybridized carbons (Fsp3) is 0.875. The third kappa shape index (κ3) is 4.79. The minimum Gasteiger partial charge on any atom is -0.433 e. The van der Waals surface area contributed by atoms with Crippen molar-refractivity contribution in [3.8, 4) is 0 Å². The highest BCUT2D eigenvalue weighted by atomic mass is 16.6. The quantitative estimate of drug-likeness (QED) is 0.463. The molecule has 0 aliphatic rings. The van der Waals surface area contributed by atoms with Gasteiger partial charge in [-0.3, -0.25) is 4.79 Å². The van der Waals surface area contributed by atoms with Crippen molar-refractivity contribution >= 4 is 5.97 Å². The summed E-state index contributed by atoms with van der Waals surface area (Å²) in [4.78, 5) is 10.8. The SMILES string of the molecule is CCCC([O])OC(=O)C(C)C. The third-order valence-electron chi connectivity index (χ3n) is 1.24. The molecule has 1 unspecified atom stereocenters. The van der Waals surface area contributed by atoms with Crippen LogP contribution in [0.5, 0.6) is 0 Å². The molecule has 65 valence electrons. The monoisotopic (exact) mass is 159 g/mol. The van der Waals surface area contributed by atoms with Gasteiger partial charge in [0.2, 0.25) is 6.29 Å². The molecule has 0 aromatic carbocycles. The van der Waals surface area contributed by atoms with Gasteiger partial charge in [0.25, 0.3) is 0 Å². The minimum atomic E-state index is -1.17. The van der Waals surface area contributed by atoms with Crippen LogP contribution < -0.4 is 0 Å². The summed E-state index contributed by atoms with van der Waals surface area (Å²) >= 11 is 0. The van der Waals surface area contributed by atoms with Gasteiger partial charge < -0.3 is 4.74 Å². The predicted molar refractivity (Wildman–Crippen MR) is 40.3 cm³/mol. The molecular weight excluding hydrogens is 144 g/mol. The van der Waals surface area contributed by atoms with E-state index in [1.807, 2.05) is 6.92 Å². The summed E-state index contributed by atoms with van der Waals surface area (Å²) in [7, 11) is 0. The number of rotatable bonds is 4. The molecule has 3 nitrogen and oxygen atoms in total. The standard InChI is InChI=1S/C8H15O3/c1-4-5-7(9)11-8(10)6(2)3/h6-7H,4-5H2,1-3H3. The molecule has 3 heteroatoms. The molecule has 0 bridgehead atoms. The molecule has 0 rings (SSSR count). The lowest BCUT2D eigenvalue weighted by Crippen LogP contribution is -2.19. The maximum Gasteiger partial charge on any atom is 0.310 e. The van der Waals surface area contributed by atoms with Gasteiger partial charge in [0.05, 0.1) is 5.92 Å². The highest BCUT2D eigenvalue weighted by Gasteiger charge is 2.14. The van der Waals surface area contributed by atoms with E-state index >= 15 is 0 Å². The molecule has 0 spiro atoms. The van der Waals surface area contributed by atoms with Crippen LogP contribution in [0.2, 0.25) is 0 Å². The predicted octanol–water partition coefficient (Wildman–Crippen LogP) is 1.74. The number of carbonyl (C=O) groups excluding carboxylic acids is 1. The van der Waals surface area contributed by atoms with Crippen LogP contribution in [0, 0.1) is 5.92 Å². The van der Waals surface area contributed by atoms with E-state index in [1.54, 1.807) is 13.8 Å². The van der Waals surface area contributed by atoms with E-state index in [4.69, 9.17) is 0 Å². The minimum absolute atomic E-state index is 0.205. The molecule has 1 radical (unpaired) electrons. The zero-order valence-electron chi connectivity index (χ0n) is 7.29. The topological polar surface area (TPSA) is 46.2 Å². The summed E-state index contributed by atoms with van der Waals surface area (Å²) in [5.41, 5.74) is 0. The second-order valence-electron chi connectivity index (χ2n) is 2.81. The van der Waals surface area contributed by atoms with Crippen LogP contribution in [0.3, 0.4) is 0 Å². The smallest absolute Gasteiger partial charge is 0.310 e. The Hall–Kier alpha value is -0.570. The summed E-state index contributed by atoms with van der Waals surface area (Å²) in [5, 5.41) is 10.8. The molecule has 0 aromatic heterocycles. The van der Waals surface area contributed by atoms with E-state index in [9.17, 15) is 9.90 Å². The van der Waals surface area contributed by atoms with E-state index in [1.165, 1.54) is 0 Å². The highest BCUT2D eigenvalue weighted by molar-refractivity contribution is 5.71. The molecular formula is C8H15O3. The van der Waals surface area contributed by atoms with Gasteiger partial charge in [-0.1, -0.05) is 27.2 Å². The van der Waals surface area contributed by atoms with Crippen LogP contribution in [-0.4, -0.2) is 12.3 Å². The summed E-state index contributed by atoms with van der Waals surface area (Å²) in [5.74, 6) is -0.609. The van der Waals surface area contributed by atoms with Gasteiger partial charge in [-0.15, -0.1) is 0 Å². The van der Waals surface area contributed by atoms with Crippen molar-refractivity contribution in [2.45, 2.75) is 39.9 Å². The largest absolute Gasteiger partial charge is 0.433 e. The first-order valence-electron chi connectivity index (χ1n) is 3.94. The Morgan fingerprint density at radius 1 is 1.45 bits per heavy atom. The molecule has 0 aliphatic heterocycles. The first-order valence-corrected chi connectivity index (χ1v) is 3.94. The van der Waals surface area contributed by atoms with E-state index < -0.39 is 12.3 Å². The van der Waals surface area contributed by atoms with Crippen molar-refractivity contribution < 1.29 is 14.6 Å². The summed E-state index contributed by atoms with van der Waals surface area (Å²) in [6.45, 7) is 5.30. The van der Waals surface area contributed by atoms with Crippen molar-refractivity contribution in [3.63, 3.8) is 0 Å². The molecule has 0 saturated heterocycles. The van der Waals surface area contributed by atoms with E-state index in [2.05, 4.69) is 4.74 Å². The number of hydrogen-bond acceptors (Lipinski definition) is 2. The van der Waals surface area contributed by atoms with Crippen LogP contribution in [0.25, 0.3) is 0 Å². The van der Waals surface area contributed by atoms with Gasteiger partial charge in [-0.2, -0.15) is 5.11 Å². The maximum atomic E-state index is 10.8. The van der Waals surface area contributed by atoms with Gasteiger partial charge in [0, 0.05) is 6.42 Å². The highest BCUT2D eigenvalue weighted by Crippen LogP contribution is 2.03. The first kappa shape index (κ1) is 10.4. The molecule has 0 N–H and O–H groups in total. The Kier molecular flexibility index (Phi) is 4.86. The molecule has 0 heterocycles. The molecule has 0 saturated carbocycles. The van der Waals surface area contributed by atoms with Crippen LogP contribution >= 0.6 is 0 Å². The molecule has 0 fully saturated rings. The molecule has 11 heavy (non-hydrogen) atoms.